The van der Waals surface area contributed by atoms with E-state index in [0.29, 0.717) is 6.04 Å². The van der Waals surface area contributed by atoms with Crippen molar-refractivity contribution in [1.29, 1.82) is 0 Å². The lowest BCUT2D eigenvalue weighted by Gasteiger charge is -2.32. The van der Waals surface area contributed by atoms with Crippen molar-refractivity contribution in [3.8, 4) is 0 Å². The van der Waals surface area contributed by atoms with Crippen molar-refractivity contribution in [2.75, 3.05) is 30.4 Å². The van der Waals surface area contributed by atoms with Gasteiger partial charge in [-0.1, -0.05) is 6.58 Å². The summed E-state index contributed by atoms with van der Waals surface area (Å²) < 4.78 is 0. The first-order chi connectivity index (χ1) is 12.2. The van der Waals surface area contributed by atoms with E-state index >= 15 is 0 Å². The van der Waals surface area contributed by atoms with Gasteiger partial charge in [-0.2, -0.15) is 0 Å². The second-order valence-corrected chi connectivity index (χ2v) is 6.49. The number of hydrogen-bond acceptors (Lipinski definition) is 6. The van der Waals surface area contributed by atoms with Gasteiger partial charge >= 0.3 is 0 Å². The first-order valence-electron chi connectivity index (χ1n) is 8.61. The highest BCUT2D eigenvalue weighted by atomic mass is 15.2. The number of anilines is 2. The summed E-state index contributed by atoms with van der Waals surface area (Å²) in [6, 6.07) is 6.48. The molecular weight excluding hydrogens is 312 g/mol. The molecule has 2 aliphatic rings. The molecule has 1 saturated heterocycles. The van der Waals surface area contributed by atoms with Gasteiger partial charge in [0, 0.05) is 36.3 Å². The SMILES string of the molecule is C=c1ccc(=C2N=Cc3cc(N(C)C4CCNCC4)ncc3N2)cn1. The van der Waals surface area contributed by atoms with Gasteiger partial charge in [-0.3, -0.25) is 4.98 Å². The van der Waals surface area contributed by atoms with Crippen molar-refractivity contribution in [1.82, 2.24) is 15.3 Å². The highest BCUT2D eigenvalue weighted by molar-refractivity contribution is 5.96. The van der Waals surface area contributed by atoms with Gasteiger partial charge in [0.25, 0.3) is 0 Å². The molecular formula is C19H22N6. The Hall–Kier alpha value is -2.73. The fourth-order valence-corrected chi connectivity index (χ4v) is 3.25. The van der Waals surface area contributed by atoms with E-state index < -0.39 is 0 Å². The average molecular weight is 334 g/mol. The maximum atomic E-state index is 4.65. The Balaban J connectivity index is 1.61. The predicted molar refractivity (Wildman–Crippen MR) is 102 cm³/mol. The van der Waals surface area contributed by atoms with Crippen molar-refractivity contribution < 1.29 is 0 Å². The molecule has 0 atom stereocenters. The van der Waals surface area contributed by atoms with Crippen molar-refractivity contribution in [2.45, 2.75) is 18.9 Å². The molecule has 0 radical (unpaired) electrons. The van der Waals surface area contributed by atoms with Crippen molar-refractivity contribution in [3.05, 3.63) is 46.7 Å². The molecule has 2 N–H and O–H groups in total. The Kier molecular flexibility index (Phi) is 4.19. The van der Waals surface area contributed by atoms with Crippen LogP contribution in [0.15, 0.2) is 35.6 Å². The zero-order valence-electron chi connectivity index (χ0n) is 14.4. The van der Waals surface area contributed by atoms with Crippen LogP contribution >= 0.6 is 0 Å². The van der Waals surface area contributed by atoms with Crippen molar-refractivity contribution in [2.24, 2.45) is 4.99 Å². The van der Waals surface area contributed by atoms with Crippen LogP contribution in [-0.2, 0) is 0 Å². The lowest BCUT2D eigenvalue weighted by atomic mass is 10.1. The summed E-state index contributed by atoms with van der Waals surface area (Å²) in [5, 5.41) is 8.43. The first kappa shape index (κ1) is 15.8. The highest BCUT2D eigenvalue weighted by Gasteiger charge is 2.20. The standard InChI is InChI=1S/C19H22N6/c1-13-3-4-14(10-21-13)19-23-11-15-9-18(22-12-17(15)24-19)25(2)16-5-7-20-8-6-16/h3-4,9-12,16,20,24H,1,5-8H2,2H3. The van der Waals surface area contributed by atoms with E-state index in [1.807, 2.05) is 24.5 Å². The Morgan fingerprint density at radius 3 is 2.76 bits per heavy atom. The molecule has 2 aromatic rings. The molecule has 0 amide bonds. The molecule has 6 nitrogen and oxygen atoms in total. The van der Waals surface area contributed by atoms with Crippen LogP contribution in [0.5, 0.6) is 0 Å². The van der Waals surface area contributed by atoms with Crippen LogP contribution in [0, 0.1) is 0 Å². The van der Waals surface area contributed by atoms with E-state index in [0.717, 1.165) is 59.4 Å². The van der Waals surface area contributed by atoms with Gasteiger partial charge in [-0.05, 0) is 44.1 Å². The molecule has 0 aliphatic carbocycles. The van der Waals surface area contributed by atoms with Gasteiger partial charge in [-0.15, -0.1) is 0 Å². The van der Waals surface area contributed by atoms with Gasteiger partial charge in [0.15, 0.2) is 0 Å². The summed E-state index contributed by atoms with van der Waals surface area (Å²) in [5.74, 6) is 1.77. The fraction of sp³-hybridized carbons (Fsp3) is 0.316. The van der Waals surface area contributed by atoms with Gasteiger partial charge in [-0.25, -0.2) is 9.98 Å². The molecule has 2 aliphatic heterocycles. The highest BCUT2D eigenvalue weighted by Crippen LogP contribution is 2.25. The average Bonchev–Trinajstić information content (AvgIpc) is 2.68. The number of rotatable bonds is 2. The van der Waals surface area contributed by atoms with Gasteiger partial charge in [0.2, 0.25) is 0 Å². The second-order valence-electron chi connectivity index (χ2n) is 6.49. The van der Waals surface area contributed by atoms with E-state index in [4.69, 9.17) is 0 Å². The van der Waals surface area contributed by atoms with Crippen LogP contribution in [0.25, 0.3) is 12.4 Å². The minimum atomic E-state index is 0.537. The first-order valence-corrected chi connectivity index (χ1v) is 8.61. The minimum absolute atomic E-state index is 0.537. The zero-order chi connectivity index (χ0) is 17.2. The third kappa shape index (κ3) is 3.25. The summed E-state index contributed by atoms with van der Waals surface area (Å²) in [6.45, 7) is 5.95. The van der Waals surface area contributed by atoms with Crippen molar-refractivity contribution >= 4 is 30.1 Å². The van der Waals surface area contributed by atoms with E-state index in [1.54, 1.807) is 6.20 Å². The van der Waals surface area contributed by atoms with Gasteiger partial charge in [0.05, 0.1) is 17.2 Å². The molecule has 4 heterocycles. The molecule has 128 valence electrons. The summed E-state index contributed by atoms with van der Waals surface area (Å²) >= 11 is 0. The Labute approximate surface area is 147 Å². The number of nitrogens with one attached hydrogen (secondary N) is 2. The summed E-state index contributed by atoms with van der Waals surface area (Å²) in [7, 11) is 2.13. The van der Waals surface area contributed by atoms with E-state index in [1.165, 1.54) is 0 Å². The third-order valence-corrected chi connectivity index (χ3v) is 4.82. The largest absolute Gasteiger partial charge is 0.357 e. The molecule has 4 rings (SSSR count). The molecule has 0 saturated carbocycles. The molecule has 0 aromatic carbocycles. The minimum Gasteiger partial charge on any atom is -0.357 e. The van der Waals surface area contributed by atoms with Crippen LogP contribution in [0.1, 0.15) is 18.4 Å². The van der Waals surface area contributed by atoms with E-state index in [-0.39, 0.29) is 0 Å². The number of hydrogen-bond donors (Lipinski definition) is 2. The second kappa shape index (κ2) is 6.64. The molecule has 6 heteroatoms. The fourth-order valence-electron chi connectivity index (χ4n) is 3.25. The molecule has 0 unspecified atom stereocenters. The van der Waals surface area contributed by atoms with Gasteiger partial charge in [0.1, 0.15) is 11.6 Å². The lowest BCUT2D eigenvalue weighted by molar-refractivity contribution is 0.442. The van der Waals surface area contributed by atoms with Gasteiger partial charge < -0.3 is 15.5 Å². The number of nitrogens with zero attached hydrogens (tertiary/aromatic N) is 4. The quantitative estimate of drug-likeness (QED) is 0.846. The lowest BCUT2D eigenvalue weighted by Crippen LogP contribution is -2.41. The maximum absolute atomic E-state index is 4.65. The number of fused-ring (bicyclic) bond motifs is 1. The predicted octanol–water partition coefficient (Wildman–Crippen LogP) is 0.685. The Bertz CT molecular complexity index is 891. The number of piperidine rings is 1. The summed E-state index contributed by atoms with van der Waals surface area (Å²) in [4.78, 5) is 15.7. The summed E-state index contributed by atoms with van der Waals surface area (Å²) in [5.41, 5.74) is 2.02. The van der Waals surface area contributed by atoms with Crippen LogP contribution in [0.2, 0.25) is 0 Å². The molecule has 1 fully saturated rings. The van der Waals surface area contributed by atoms with Crippen LogP contribution in [0.3, 0.4) is 0 Å². The normalized spacial score (nSPS) is 19.2. The number of aliphatic imine (C=N–C) groups is 1. The molecule has 2 aromatic heterocycles. The zero-order valence-corrected chi connectivity index (χ0v) is 14.4. The third-order valence-electron chi connectivity index (χ3n) is 4.82. The Morgan fingerprint density at radius 1 is 1.16 bits per heavy atom. The smallest absolute Gasteiger partial charge is 0.139 e. The monoisotopic (exact) mass is 334 g/mol. The van der Waals surface area contributed by atoms with Crippen molar-refractivity contribution in [3.63, 3.8) is 0 Å². The van der Waals surface area contributed by atoms with Crippen LogP contribution in [0.4, 0.5) is 11.5 Å². The van der Waals surface area contributed by atoms with E-state index in [9.17, 15) is 0 Å². The van der Waals surface area contributed by atoms with E-state index in [2.05, 4.69) is 50.2 Å². The maximum Gasteiger partial charge on any atom is 0.139 e. The topological polar surface area (TPSA) is 65.4 Å². The molecule has 0 spiro atoms. The van der Waals surface area contributed by atoms with Crippen LogP contribution < -0.4 is 26.1 Å². The molecule has 25 heavy (non-hydrogen) atoms. The summed E-state index contributed by atoms with van der Waals surface area (Å²) in [6.07, 6.45) is 7.85. The molecule has 0 bridgehead atoms. The number of pyridine rings is 2. The number of aromatic nitrogens is 2. The van der Waals surface area contributed by atoms with Crippen LogP contribution in [-0.4, -0.2) is 42.4 Å². The Morgan fingerprint density at radius 2 is 2.00 bits per heavy atom.